The van der Waals surface area contributed by atoms with E-state index in [1.807, 2.05) is 6.92 Å². The van der Waals surface area contributed by atoms with Gasteiger partial charge < -0.3 is 15.3 Å². The Labute approximate surface area is 127 Å². The number of hydrogen-bond acceptors (Lipinski definition) is 4. The average molecular weight is 312 g/mol. The molecule has 1 atom stereocenters. The lowest BCUT2D eigenvalue weighted by Gasteiger charge is -2.18. The van der Waals surface area contributed by atoms with Crippen LogP contribution in [0.25, 0.3) is 0 Å². The third-order valence-electron chi connectivity index (χ3n) is 2.94. The van der Waals surface area contributed by atoms with Crippen LogP contribution in [-0.2, 0) is 9.59 Å². The van der Waals surface area contributed by atoms with E-state index in [-0.39, 0.29) is 12.5 Å². The highest BCUT2D eigenvalue weighted by molar-refractivity contribution is 7.12. The fraction of sp³-hybridized carbons (Fsp3) is 0.500. The van der Waals surface area contributed by atoms with Crippen LogP contribution in [-0.4, -0.2) is 47.4 Å². The predicted molar refractivity (Wildman–Crippen MR) is 80.4 cm³/mol. The maximum absolute atomic E-state index is 12.0. The lowest BCUT2D eigenvalue weighted by Crippen LogP contribution is -2.45. The summed E-state index contributed by atoms with van der Waals surface area (Å²) in [4.78, 5) is 36.7. The van der Waals surface area contributed by atoms with Gasteiger partial charge in [-0.2, -0.15) is 0 Å². The third kappa shape index (κ3) is 5.55. The molecule has 116 valence electrons. The van der Waals surface area contributed by atoms with Gasteiger partial charge >= 0.3 is 5.97 Å². The van der Waals surface area contributed by atoms with Gasteiger partial charge in [0.05, 0.1) is 11.4 Å². The molecule has 1 heterocycles. The molecule has 0 aliphatic rings. The van der Waals surface area contributed by atoms with Crippen molar-refractivity contribution in [1.82, 2.24) is 10.2 Å². The van der Waals surface area contributed by atoms with E-state index >= 15 is 0 Å². The van der Waals surface area contributed by atoms with Gasteiger partial charge in [0, 0.05) is 7.05 Å². The number of carboxylic acid groups (broad SMARTS) is 1. The standard InChI is InChI=1S/C14H20N2O4S/c1-3-4-6-10(14(19)20)15-12(17)9-16(2)13(18)11-7-5-8-21-11/h5,7-8,10H,3-4,6,9H2,1-2H3,(H,15,17)(H,19,20). The van der Waals surface area contributed by atoms with Crippen LogP contribution in [0.2, 0.25) is 0 Å². The number of aliphatic carboxylic acids is 1. The molecular formula is C14H20N2O4S. The van der Waals surface area contributed by atoms with Gasteiger partial charge in [-0.05, 0) is 17.9 Å². The minimum absolute atomic E-state index is 0.160. The second kappa shape index (κ2) is 8.41. The first-order valence-corrected chi connectivity index (χ1v) is 7.64. The molecule has 1 unspecified atom stereocenters. The van der Waals surface area contributed by atoms with Gasteiger partial charge in [-0.25, -0.2) is 4.79 Å². The molecule has 0 saturated heterocycles. The number of rotatable bonds is 8. The molecule has 0 spiro atoms. The van der Waals surface area contributed by atoms with Crippen molar-refractivity contribution in [2.24, 2.45) is 0 Å². The zero-order chi connectivity index (χ0) is 15.8. The summed E-state index contributed by atoms with van der Waals surface area (Å²) in [5, 5.41) is 13.3. The quantitative estimate of drug-likeness (QED) is 0.763. The monoisotopic (exact) mass is 312 g/mol. The molecule has 2 amide bonds. The summed E-state index contributed by atoms with van der Waals surface area (Å²) in [6, 6.07) is 2.54. The Morgan fingerprint density at radius 1 is 1.43 bits per heavy atom. The lowest BCUT2D eigenvalue weighted by atomic mass is 10.1. The van der Waals surface area contributed by atoms with Crippen LogP contribution in [0.5, 0.6) is 0 Å². The van der Waals surface area contributed by atoms with Crippen molar-refractivity contribution < 1.29 is 19.5 Å². The molecular weight excluding hydrogens is 292 g/mol. The molecule has 2 N–H and O–H groups in total. The summed E-state index contributed by atoms with van der Waals surface area (Å²) in [7, 11) is 1.52. The highest BCUT2D eigenvalue weighted by Crippen LogP contribution is 2.10. The van der Waals surface area contributed by atoms with Crippen LogP contribution < -0.4 is 5.32 Å². The van der Waals surface area contributed by atoms with Crippen molar-refractivity contribution in [3.8, 4) is 0 Å². The van der Waals surface area contributed by atoms with Gasteiger partial charge in [0.15, 0.2) is 0 Å². The number of likely N-dealkylation sites (N-methyl/N-ethyl adjacent to an activating group) is 1. The van der Waals surface area contributed by atoms with Crippen molar-refractivity contribution in [3.05, 3.63) is 22.4 Å². The zero-order valence-electron chi connectivity index (χ0n) is 12.2. The van der Waals surface area contributed by atoms with Crippen LogP contribution in [0, 0.1) is 0 Å². The SMILES string of the molecule is CCCCC(NC(=O)CN(C)C(=O)c1cccs1)C(=O)O. The number of hydrogen-bond donors (Lipinski definition) is 2. The Morgan fingerprint density at radius 3 is 2.67 bits per heavy atom. The number of nitrogens with zero attached hydrogens (tertiary/aromatic N) is 1. The molecule has 0 bridgehead atoms. The van der Waals surface area contributed by atoms with Gasteiger partial charge in [0.1, 0.15) is 6.04 Å². The van der Waals surface area contributed by atoms with E-state index in [4.69, 9.17) is 5.11 Å². The largest absolute Gasteiger partial charge is 0.480 e. The first-order chi connectivity index (χ1) is 9.95. The second-order valence-electron chi connectivity index (χ2n) is 4.74. The zero-order valence-corrected chi connectivity index (χ0v) is 13.0. The second-order valence-corrected chi connectivity index (χ2v) is 5.69. The minimum atomic E-state index is -1.05. The Morgan fingerprint density at radius 2 is 2.14 bits per heavy atom. The number of unbranched alkanes of at least 4 members (excludes halogenated alkanes) is 1. The van der Waals surface area contributed by atoms with Crippen LogP contribution in [0.15, 0.2) is 17.5 Å². The van der Waals surface area contributed by atoms with E-state index in [9.17, 15) is 14.4 Å². The number of amides is 2. The summed E-state index contributed by atoms with van der Waals surface area (Å²) in [6.45, 7) is 1.79. The first kappa shape index (κ1) is 17.2. The van der Waals surface area contributed by atoms with Crippen molar-refractivity contribution in [2.75, 3.05) is 13.6 Å². The Balaban J connectivity index is 2.51. The average Bonchev–Trinajstić information content (AvgIpc) is 2.96. The fourth-order valence-corrected chi connectivity index (χ4v) is 2.50. The van der Waals surface area contributed by atoms with Crippen LogP contribution in [0.3, 0.4) is 0 Å². The Bertz CT molecular complexity index is 487. The van der Waals surface area contributed by atoms with Crippen LogP contribution in [0.1, 0.15) is 35.9 Å². The van der Waals surface area contributed by atoms with Crippen molar-refractivity contribution >= 4 is 29.1 Å². The Kier molecular flexibility index (Phi) is 6.87. The summed E-state index contributed by atoms with van der Waals surface area (Å²) >= 11 is 1.30. The molecule has 0 aliphatic carbocycles. The van der Waals surface area contributed by atoms with E-state index in [1.165, 1.54) is 23.3 Å². The van der Waals surface area contributed by atoms with Crippen LogP contribution in [0.4, 0.5) is 0 Å². The van der Waals surface area contributed by atoms with Gasteiger partial charge in [0.25, 0.3) is 5.91 Å². The summed E-state index contributed by atoms with van der Waals surface area (Å²) in [5.74, 6) is -1.77. The molecule has 7 heteroatoms. The number of carbonyl (C=O) groups is 3. The first-order valence-electron chi connectivity index (χ1n) is 6.76. The maximum atomic E-state index is 12.0. The van der Waals surface area contributed by atoms with Gasteiger partial charge in [0.2, 0.25) is 5.91 Å². The van der Waals surface area contributed by atoms with Gasteiger partial charge in [-0.3, -0.25) is 9.59 Å². The molecule has 21 heavy (non-hydrogen) atoms. The molecule has 1 aromatic heterocycles. The minimum Gasteiger partial charge on any atom is -0.480 e. The molecule has 0 aliphatic heterocycles. The topological polar surface area (TPSA) is 86.7 Å². The smallest absolute Gasteiger partial charge is 0.326 e. The highest BCUT2D eigenvalue weighted by atomic mass is 32.1. The number of carboxylic acids is 1. The summed E-state index contributed by atoms with van der Waals surface area (Å²) in [6.07, 6.45) is 1.97. The van der Waals surface area contributed by atoms with Gasteiger partial charge in [-0.1, -0.05) is 25.8 Å². The normalized spacial score (nSPS) is 11.7. The molecule has 6 nitrogen and oxygen atoms in total. The fourth-order valence-electron chi connectivity index (χ4n) is 1.78. The van der Waals surface area contributed by atoms with E-state index in [0.717, 1.165) is 12.8 Å². The molecule has 0 saturated carbocycles. The third-order valence-corrected chi connectivity index (χ3v) is 3.80. The lowest BCUT2D eigenvalue weighted by molar-refractivity contribution is -0.142. The molecule has 0 aromatic carbocycles. The molecule has 0 radical (unpaired) electrons. The van der Waals surface area contributed by atoms with E-state index in [2.05, 4.69) is 5.32 Å². The van der Waals surface area contributed by atoms with Crippen molar-refractivity contribution in [3.63, 3.8) is 0 Å². The number of carbonyl (C=O) groups excluding carboxylic acids is 2. The molecule has 0 fully saturated rings. The van der Waals surface area contributed by atoms with Crippen molar-refractivity contribution in [1.29, 1.82) is 0 Å². The number of nitrogens with one attached hydrogen (secondary N) is 1. The molecule has 1 rings (SSSR count). The van der Waals surface area contributed by atoms with Gasteiger partial charge in [-0.15, -0.1) is 11.3 Å². The Hall–Kier alpha value is -1.89. The molecule has 1 aromatic rings. The maximum Gasteiger partial charge on any atom is 0.326 e. The predicted octanol–water partition coefficient (Wildman–Crippen LogP) is 1.58. The van der Waals surface area contributed by atoms with Crippen molar-refractivity contribution in [2.45, 2.75) is 32.2 Å². The van der Waals surface area contributed by atoms with E-state index in [0.29, 0.717) is 11.3 Å². The van der Waals surface area contributed by atoms with Crippen LogP contribution >= 0.6 is 11.3 Å². The highest BCUT2D eigenvalue weighted by Gasteiger charge is 2.21. The number of thiophene rings is 1. The summed E-state index contributed by atoms with van der Waals surface area (Å²) in [5.41, 5.74) is 0. The summed E-state index contributed by atoms with van der Waals surface area (Å²) < 4.78 is 0. The van der Waals surface area contributed by atoms with E-state index < -0.39 is 17.9 Å². The van der Waals surface area contributed by atoms with E-state index in [1.54, 1.807) is 17.5 Å².